The van der Waals surface area contributed by atoms with Gasteiger partial charge in [-0.15, -0.1) is 10.2 Å². The lowest BCUT2D eigenvalue weighted by Crippen LogP contribution is -2.42. The summed E-state index contributed by atoms with van der Waals surface area (Å²) in [6, 6.07) is 7.82. The van der Waals surface area contributed by atoms with E-state index in [2.05, 4.69) is 20.2 Å². The van der Waals surface area contributed by atoms with E-state index in [1.807, 2.05) is 18.4 Å². The molecule has 0 radical (unpaired) electrons. The molecule has 4 aromatic rings. The summed E-state index contributed by atoms with van der Waals surface area (Å²) in [7, 11) is -6.23. The van der Waals surface area contributed by atoms with E-state index in [9.17, 15) is 21.6 Å². The highest BCUT2D eigenvalue weighted by atomic mass is 32.3. The average Bonchev–Trinajstić information content (AvgIpc) is 3.42. The second-order valence-corrected chi connectivity index (χ2v) is 13.5. The molecule has 0 N–H and O–H groups in total. The van der Waals surface area contributed by atoms with Gasteiger partial charge < -0.3 is 14.0 Å². The first-order valence-corrected chi connectivity index (χ1v) is 15.8. The van der Waals surface area contributed by atoms with Gasteiger partial charge in [0.15, 0.2) is 5.82 Å². The quantitative estimate of drug-likeness (QED) is 0.230. The minimum atomic E-state index is -4.43. The third kappa shape index (κ3) is 6.14. The summed E-state index contributed by atoms with van der Waals surface area (Å²) in [5, 5.41) is 8.12. The van der Waals surface area contributed by atoms with Gasteiger partial charge in [0.05, 0.1) is 41.3 Å². The number of methoxy groups -OCH3 is 2. The van der Waals surface area contributed by atoms with Crippen molar-refractivity contribution in [1.82, 2.24) is 29.3 Å². The second kappa shape index (κ2) is 12.0. The molecule has 0 aliphatic carbocycles. The van der Waals surface area contributed by atoms with Gasteiger partial charge in [-0.1, -0.05) is 6.07 Å². The van der Waals surface area contributed by atoms with Crippen molar-refractivity contribution < 1.29 is 26.3 Å². The number of aromatic nitrogens is 6. The van der Waals surface area contributed by atoms with Gasteiger partial charge in [-0.25, -0.2) is 26.8 Å². The maximum atomic E-state index is 13.7. The third-order valence-electron chi connectivity index (χ3n) is 6.21. The van der Waals surface area contributed by atoms with Gasteiger partial charge in [0.1, 0.15) is 24.2 Å². The Morgan fingerprint density at radius 1 is 0.976 bits per heavy atom. The molecule has 0 spiro atoms. The Kier molecular flexibility index (Phi) is 8.86. The van der Waals surface area contributed by atoms with Crippen LogP contribution >= 0.6 is 0 Å². The van der Waals surface area contributed by atoms with E-state index < -0.39 is 37.1 Å². The molecule has 0 bridgehead atoms. The van der Waals surface area contributed by atoms with E-state index in [0.29, 0.717) is 15.2 Å². The lowest BCUT2D eigenvalue weighted by molar-refractivity contribution is 0.216. The van der Waals surface area contributed by atoms with Crippen molar-refractivity contribution in [3.63, 3.8) is 0 Å². The number of aryl methyl sites for hydroxylation is 1. The van der Waals surface area contributed by atoms with Crippen LogP contribution in [0.3, 0.4) is 0 Å². The Morgan fingerprint density at radius 2 is 1.63 bits per heavy atom. The molecule has 14 nitrogen and oxygen atoms in total. The number of rotatable bonds is 12. The standard InChI is InChI=1S/C25H31N7O7S2/c1-17(2)30-16-27-29-24(30)20-7-6-8-23(28-20)31-15-26-21-13-18(3)22(14-19(21)25(31)33)32(40(34,35)11-9-38-4)41(36,37)12-10-39-5/h6-8,13-17H,9-12H2,1-5H3. The SMILES string of the molecule is COCCS(=O)(=O)N(c1cc2c(=O)n(-c3cccc(-c4nncn4C(C)C)n3)cnc2cc1C)S(=O)(=O)CCOC. The van der Waals surface area contributed by atoms with E-state index in [4.69, 9.17) is 9.47 Å². The van der Waals surface area contributed by atoms with Crippen LogP contribution in [0, 0.1) is 6.92 Å². The zero-order valence-corrected chi connectivity index (χ0v) is 24.9. The fourth-order valence-corrected chi connectivity index (χ4v) is 8.03. The smallest absolute Gasteiger partial charge is 0.267 e. The summed E-state index contributed by atoms with van der Waals surface area (Å²) in [4.78, 5) is 22.7. The number of ether oxygens (including phenoxy) is 2. The molecule has 0 atom stereocenters. The summed E-state index contributed by atoms with van der Waals surface area (Å²) in [6.45, 7) is 5.03. The van der Waals surface area contributed by atoms with Crippen molar-refractivity contribution in [3.05, 3.63) is 58.9 Å². The molecular weight excluding hydrogens is 574 g/mol. The topological polar surface area (TPSA) is 168 Å². The Hall–Kier alpha value is -3.73. The van der Waals surface area contributed by atoms with Crippen molar-refractivity contribution in [3.8, 4) is 17.3 Å². The Morgan fingerprint density at radius 3 is 2.24 bits per heavy atom. The number of anilines is 1. The molecule has 3 heterocycles. The summed E-state index contributed by atoms with van der Waals surface area (Å²) in [6.07, 6.45) is 2.90. The van der Waals surface area contributed by atoms with Crippen LogP contribution in [-0.4, -0.2) is 85.1 Å². The minimum Gasteiger partial charge on any atom is -0.384 e. The molecular formula is C25H31N7O7S2. The van der Waals surface area contributed by atoms with Crippen LogP contribution in [0.25, 0.3) is 28.2 Å². The fraction of sp³-hybridized carbons (Fsp3) is 0.400. The molecule has 41 heavy (non-hydrogen) atoms. The van der Waals surface area contributed by atoms with Gasteiger partial charge in [0, 0.05) is 20.3 Å². The van der Waals surface area contributed by atoms with Crippen LogP contribution in [0.1, 0.15) is 25.5 Å². The molecule has 0 aliphatic heterocycles. The average molecular weight is 606 g/mol. The van der Waals surface area contributed by atoms with Crippen LogP contribution in [-0.2, 0) is 29.5 Å². The first-order chi connectivity index (χ1) is 19.4. The Balaban J connectivity index is 1.89. The van der Waals surface area contributed by atoms with Gasteiger partial charge >= 0.3 is 0 Å². The van der Waals surface area contributed by atoms with E-state index in [-0.39, 0.29) is 47.2 Å². The van der Waals surface area contributed by atoms with Gasteiger partial charge in [-0.05, 0) is 50.6 Å². The molecule has 3 aromatic heterocycles. The number of benzene rings is 1. The van der Waals surface area contributed by atoms with Crippen molar-refractivity contribution >= 4 is 36.6 Å². The number of nitrogens with zero attached hydrogens (tertiary/aromatic N) is 7. The van der Waals surface area contributed by atoms with Gasteiger partial charge in [-0.2, -0.15) is 3.71 Å². The molecule has 220 valence electrons. The van der Waals surface area contributed by atoms with Crippen molar-refractivity contribution in [1.29, 1.82) is 0 Å². The molecule has 0 fully saturated rings. The van der Waals surface area contributed by atoms with Crippen molar-refractivity contribution in [2.75, 3.05) is 42.6 Å². The number of hydrogen-bond donors (Lipinski definition) is 0. The largest absolute Gasteiger partial charge is 0.384 e. The predicted octanol–water partition coefficient (Wildman–Crippen LogP) is 1.69. The highest BCUT2D eigenvalue weighted by molar-refractivity contribution is 8.10. The Bertz CT molecular complexity index is 1800. The molecule has 1 aromatic carbocycles. The molecule has 0 amide bonds. The Labute approximate surface area is 237 Å². The van der Waals surface area contributed by atoms with E-state index >= 15 is 0 Å². The summed E-state index contributed by atoms with van der Waals surface area (Å²) in [5.41, 5.74) is 0.261. The van der Waals surface area contributed by atoms with Gasteiger partial charge in [0.2, 0.25) is 0 Å². The molecule has 4 rings (SSSR count). The van der Waals surface area contributed by atoms with Gasteiger partial charge in [0.25, 0.3) is 25.6 Å². The van der Waals surface area contributed by atoms with E-state index in [0.717, 1.165) is 0 Å². The number of fused-ring (bicyclic) bond motifs is 1. The summed E-state index contributed by atoms with van der Waals surface area (Å²) >= 11 is 0. The van der Waals surface area contributed by atoms with Crippen molar-refractivity contribution in [2.45, 2.75) is 26.8 Å². The van der Waals surface area contributed by atoms with Crippen LogP contribution in [0.4, 0.5) is 5.69 Å². The zero-order chi connectivity index (χ0) is 29.9. The van der Waals surface area contributed by atoms with Crippen LogP contribution in [0.15, 0.2) is 47.8 Å². The maximum Gasteiger partial charge on any atom is 0.267 e. The van der Waals surface area contributed by atoms with E-state index in [1.165, 1.54) is 37.2 Å². The number of sulfonamides is 2. The molecule has 0 saturated carbocycles. The lowest BCUT2D eigenvalue weighted by atomic mass is 10.1. The first-order valence-electron chi connectivity index (χ1n) is 12.5. The minimum absolute atomic E-state index is 0.000432. The molecule has 0 aliphatic rings. The number of hydrogen-bond acceptors (Lipinski definition) is 11. The fourth-order valence-electron chi connectivity index (χ4n) is 4.12. The first kappa shape index (κ1) is 30.2. The van der Waals surface area contributed by atoms with Crippen molar-refractivity contribution in [2.24, 2.45) is 0 Å². The highest BCUT2D eigenvalue weighted by Crippen LogP contribution is 2.30. The summed E-state index contributed by atoms with van der Waals surface area (Å²) in [5.74, 6) is -0.441. The van der Waals surface area contributed by atoms with Crippen LogP contribution in [0.5, 0.6) is 0 Å². The third-order valence-corrected chi connectivity index (χ3v) is 10.3. The molecule has 0 unspecified atom stereocenters. The normalized spacial score (nSPS) is 12.3. The summed E-state index contributed by atoms with van der Waals surface area (Å²) < 4.78 is 66.3. The lowest BCUT2D eigenvalue weighted by Gasteiger charge is -2.25. The van der Waals surface area contributed by atoms with E-state index in [1.54, 1.807) is 31.5 Å². The molecule has 16 heteroatoms. The monoisotopic (exact) mass is 605 g/mol. The maximum absolute atomic E-state index is 13.7. The van der Waals surface area contributed by atoms with Crippen LogP contribution in [0.2, 0.25) is 0 Å². The van der Waals surface area contributed by atoms with Crippen LogP contribution < -0.4 is 9.27 Å². The highest BCUT2D eigenvalue weighted by Gasteiger charge is 2.35. The second-order valence-electron chi connectivity index (χ2n) is 9.43. The predicted molar refractivity (Wildman–Crippen MR) is 153 cm³/mol. The molecule has 0 saturated heterocycles. The van der Waals surface area contributed by atoms with Gasteiger partial charge in [-0.3, -0.25) is 9.36 Å². The zero-order valence-electron chi connectivity index (χ0n) is 23.3. The number of pyridine rings is 1.